The minimum Gasteiger partial charge on any atom is -0.381 e. The van der Waals surface area contributed by atoms with Crippen molar-refractivity contribution < 1.29 is 13.2 Å². The van der Waals surface area contributed by atoms with Gasteiger partial charge in [0, 0.05) is 6.61 Å². The summed E-state index contributed by atoms with van der Waals surface area (Å²) in [4.78, 5) is 0. The van der Waals surface area contributed by atoms with Crippen LogP contribution in [0.2, 0.25) is 0 Å². The molecular formula is C7H14O3S. The highest BCUT2D eigenvalue weighted by atomic mass is 32.2. The molecule has 0 aromatic carbocycles. The standard InChI is InChI=1S/C7H14O3S/c1-2-10-5-7-3-4-11(8,9)6-7/h7H,2-6H2,1H3. The van der Waals surface area contributed by atoms with Crippen LogP contribution in [0.1, 0.15) is 13.3 Å². The first-order valence-corrected chi connectivity index (χ1v) is 5.74. The van der Waals surface area contributed by atoms with E-state index in [0.29, 0.717) is 24.7 Å². The molecule has 1 aliphatic rings. The van der Waals surface area contributed by atoms with Gasteiger partial charge in [0.05, 0.1) is 18.1 Å². The van der Waals surface area contributed by atoms with Crippen LogP contribution in [-0.2, 0) is 14.6 Å². The average Bonchev–Trinajstić information content (AvgIpc) is 2.26. The van der Waals surface area contributed by atoms with E-state index in [9.17, 15) is 8.42 Å². The zero-order valence-corrected chi connectivity index (χ0v) is 7.56. The van der Waals surface area contributed by atoms with Crippen molar-refractivity contribution in [3.8, 4) is 0 Å². The third-order valence-corrected chi connectivity index (χ3v) is 3.72. The van der Waals surface area contributed by atoms with Crippen LogP contribution in [0.3, 0.4) is 0 Å². The topological polar surface area (TPSA) is 43.4 Å². The third kappa shape index (κ3) is 2.79. The van der Waals surface area contributed by atoms with E-state index < -0.39 is 9.84 Å². The first-order valence-electron chi connectivity index (χ1n) is 3.92. The van der Waals surface area contributed by atoms with Gasteiger partial charge in [-0.2, -0.15) is 0 Å². The molecule has 0 N–H and O–H groups in total. The molecule has 0 radical (unpaired) electrons. The lowest BCUT2D eigenvalue weighted by Crippen LogP contribution is -2.11. The lowest BCUT2D eigenvalue weighted by molar-refractivity contribution is 0.118. The second-order valence-electron chi connectivity index (χ2n) is 2.93. The van der Waals surface area contributed by atoms with E-state index in [0.717, 1.165) is 6.42 Å². The van der Waals surface area contributed by atoms with E-state index >= 15 is 0 Å². The molecule has 0 saturated carbocycles. The van der Waals surface area contributed by atoms with Crippen LogP contribution in [0.25, 0.3) is 0 Å². The van der Waals surface area contributed by atoms with E-state index in [2.05, 4.69) is 0 Å². The van der Waals surface area contributed by atoms with Gasteiger partial charge >= 0.3 is 0 Å². The summed E-state index contributed by atoms with van der Waals surface area (Å²) in [7, 11) is -2.71. The molecular weight excluding hydrogens is 164 g/mol. The van der Waals surface area contributed by atoms with Crippen LogP contribution in [-0.4, -0.2) is 33.1 Å². The smallest absolute Gasteiger partial charge is 0.150 e. The Morgan fingerprint density at radius 3 is 2.73 bits per heavy atom. The van der Waals surface area contributed by atoms with E-state index in [-0.39, 0.29) is 5.92 Å². The summed E-state index contributed by atoms with van der Waals surface area (Å²) in [5, 5.41) is 0. The van der Waals surface area contributed by atoms with Gasteiger partial charge in [-0.15, -0.1) is 0 Å². The van der Waals surface area contributed by atoms with Crippen molar-refractivity contribution in [3.05, 3.63) is 0 Å². The molecule has 0 spiro atoms. The molecule has 3 nitrogen and oxygen atoms in total. The van der Waals surface area contributed by atoms with Gasteiger partial charge in [0.15, 0.2) is 9.84 Å². The Balaban J connectivity index is 2.31. The van der Waals surface area contributed by atoms with Crippen molar-refractivity contribution in [2.24, 2.45) is 5.92 Å². The Hall–Kier alpha value is -0.0900. The minimum absolute atomic E-state index is 0.250. The number of hydrogen-bond donors (Lipinski definition) is 0. The normalized spacial score (nSPS) is 29.0. The second kappa shape index (κ2) is 3.54. The highest BCUT2D eigenvalue weighted by Gasteiger charge is 2.27. The first kappa shape index (κ1) is 9.00. The molecule has 1 atom stereocenters. The Morgan fingerprint density at radius 1 is 1.55 bits per heavy atom. The summed E-state index contributed by atoms with van der Waals surface area (Å²) in [6, 6.07) is 0. The Morgan fingerprint density at radius 2 is 2.27 bits per heavy atom. The number of ether oxygens (including phenoxy) is 1. The predicted molar refractivity (Wildman–Crippen MR) is 43.3 cm³/mol. The zero-order chi connectivity index (χ0) is 8.32. The molecule has 1 heterocycles. The Kier molecular flexibility index (Phi) is 2.90. The largest absolute Gasteiger partial charge is 0.381 e. The van der Waals surface area contributed by atoms with Gasteiger partial charge in [-0.1, -0.05) is 0 Å². The average molecular weight is 178 g/mol. The molecule has 1 rings (SSSR count). The molecule has 0 bridgehead atoms. The summed E-state index contributed by atoms with van der Waals surface area (Å²) in [5.41, 5.74) is 0. The fourth-order valence-corrected chi connectivity index (χ4v) is 3.13. The van der Waals surface area contributed by atoms with Crippen LogP contribution in [0.5, 0.6) is 0 Å². The highest BCUT2D eigenvalue weighted by molar-refractivity contribution is 7.91. The summed E-state index contributed by atoms with van der Waals surface area (Å²) in [6.07, 6.45) is 0.780. The third-order valence-electron chi connectivity index (χ3n) is 1.88. The molecule has 4 heteroatoms. The van der Waals surface area contributed by atoms with Gasteiger partial charge in [-0.25, -0.2) is 8.42 Å². The molecule has 0 amide bonds. The molecule has 0 aromatic heterocycles. The van der Waals surface area contributed by atoms with Crippen LogP contribution < -0.4 is 0 Å². The maximum absolute atomic E-state index is 10.9. The number of sulfone groups is 1. The lowest BCUT2D eigenvalue weighted by Gasteiger charge is -2.05. The second-order valence-corrected chi connectivity index (χ2v) is 5.16. The van der Waals surface area contributed by atoms with Crippen molar-refractivity contribution in [2.75, 3.05) is 24.7 Å². The molecule has 1 aliphatic heterocycles. The fourth-order valence-electron chi connectivity index (χ4n) is 1.29. The predicted octanol–water partition coefficient (Wildman–Crippen LogP) is 0.458. The molecule has 1 unspecified atom stereocenters. The molecule has 11 heavy (non-hydrogen) atoms. The summed E-state index contributed by atoms with van der Waals surface area (Å²) in [6.45, 7) is 3.20. The van der Waals surface area contributed by atoms with Crippen molar-refractivity contribution in [1.29, 1.82) is 0 Å². The van der Waals surface area contributed by atoms with Crippen LogP contribution >= 0.6 is 0 Å². The van der Waals surface area contributed by atoms with Gasteiger partial charge in [0.2, 0.25) is 0 Å². The number of hydrogen-bond acceptors (Lipinski definition) is 3. The molecule has 66 valence electrons. The summed E-state index contributed by atoms with van der Waals surface area (Å²) < 4.78 is 27.0. The van der Waals surface area contributed by atoms with E-state index in [1.165, 1.54) is 0 Å². The van der Waals surface area contributed by atoms with Gasteiger partial charge in [0.25, 0.3) is 0 Å². The van der Waals surface area contributed by atoms with Crippen LogP contribution in [0.15, 0.2) is 0 Å². The van der Waals surface area contributed by atoms with E-state index in [1.54, 1.807) is 0 Å². The first-order chi connectivity index (χ1) is 5.14. The lowest BCUT2D eigenvalue weighted by atomic mass is 10.1. The van der Waals surface area contributed by atoms with Crippen molar-refractivity contribution in [1.82, 2.24) is 0 Å². The fraction of sp³-hybridized carbons (Fsp3) is 1.00. The van der Waals surface area contributed by atoms with Crippen molar-refractivity contribution in [3.63, 3.8) is 0 Å². The van der Waals surface area contributed by atoms with Gasteiger partial charge in [-0.05, 0) is 19.3 Å². The van der Waals surface area contributed by atoms with Crippen molar-refractivity contribution in [2.45, 2.75) is 13.3 Å². The van der Waals surface area contributed by atoms with Gasteiger partial charge in [-0.3, -0.25) is 0 Å². The number of rotatable bonds is 3. The van der Waals surface area contributed by atoms with E-state index in [4.69, 9.17) is 4.74 Å². The molecule has 0 aromatic rings. The summed E-state index contributed by atoms with van der Waals surface area (Å²) in [5.74, 6) is 0.928. The van der Waals surface area contributed by atoms with Gasteiger partial charge in [0.1, 0.15) is 0 Å². The molecule has 1 saturated heterocycles. The minimum atomic E-state index is -2.71. The van der Waals surface area contributed by atoms with E-state index in [1.807, 2.05) is 6.92 Å². The molecule has 0 aliphatic carbocycles. The van der Waals surface area contributed by atoms with Crippen LogP contribution in [0, 0.1) is 5.92 Å². The Bertz CT molecular complexity index is 208. The molecule has 1 fully saturated rings. The highest BCUT2D eigenvalue weighted by Crippen LogP contribution is 2.18. The monoisotopic (exact) mass is 178 g/mol. The Labute approximate surface area is 67.7 Å². The van der Waals surface area contributed by atoms with Crippen molar-refractivity contribution >= 4 is 9.84 Å². The van der Waals surface area contributed by atoms with Gasteiger partial charge < -0.3 is 4.74 Å². The maximum atomic E-state index is 10.9. The summed E-state index contributed by atoms with van der Waals surface area (Å²) >= 11 is 0. The zero-order valence-electron chi connectivity index (χ0n) is 6.75. The van der Waals surface area contributed by atoms with Crippen LogP contribution in [0.4, 0.5) is 0 Å². The maximum Gasteiger partial charge on any atom is 0.150 e. The quantitative estimate of drug-likeness (QED) is 0.630. The SMILES string of the molecule is CCOCC1CCS(=O)(=O)C1.